The number of hydrogen-bond donors (Lipinski definition) is 1. The van der Waals surface area contributed by atoms with Gasteiger partial charge in [0.25, 0.3) is 5.69 Å². The number of nitro groups is 1. The molecule has 0 saturated carbocycles. The molecule has 3 aromatic carbocycles. The summed E-state index contributed by atoms with van der Waals surface area (Å²) in [5, 5.41) is 21.6. The lowest BCUT2D eigenvalue weighted by molar-refractivity contribution is -0.383. The molecule has 22 heavy (non-hydrogen) atoms. The molecule has 0 aliphatic rings. The summed E-state index contributed by atoms with van der Waals surface area (Å²) >= 11 is 0. The Hall–Kier alpha value is -3.21. The smallest absolute Gasteiger partial charge is 0.287 e. The highest BCUT2D eigenvalue weighted by Gasteiger charge is 2.18. The zero-order valence-corrected chi connectivity index (χ0v) is 11.4. The van der Waals surface area contributed by atoms with Crippen molar-refractivity contribution < 1.29 is 14.8 Å². The van der Waals surface area contributed by atoms with E-state index in [4.69, 9.17) is 0 Å². The first-order valence-corrected chi connectivity index (χ1v) is 6.56. The zero-order chi connectivity index (χ0) is 15.7. The Balaban J connectivity index is 2.21. The minimum atomic E-state index is -0.535. The van der Waals surface area contributed by atoms with Gasteiger partial charge in [-0.15, -0.1) is 0 Å². The van der Waals surface area contributed by atoms with Crippen LogP contribution < -0.4 is 0 Å². The van der Waals surface area contributed by atoms with Crippen LogP contribution in [0.4, 0.5) is 5.69 Å². The molecule has 5 heteroatoms. The second-order valence-electron chi connectivity index (χ2n) is 4.86. The van der Waals surface area contributed by atoms with Crippen molar-refractivity contribution in [2.45, 2.75) is 0 Å². The third kappa shape index (κ3) is 2.29. The van der Waals surface area contributed by atoms with Gasteiger partial charge >= 0.3 is 0 Å². The summed E-state index contributed by atoms with van der Waals surface area (Å²) in [5.74, 6) is 0.177. The Morgan fingerprint density at radius 3 is 2.27 bits per heavy atom. The average molecular weight is 293 g/mol. The molecule has 0 radical (unpaired) electrons. The van der Waals surface area contributed by atoms with Crippen molar-refractivity contribution >= 4 is 22.7 Å². The predicted octanol–water partition coefficient (Wildman–Crippen LogP) is 3.93. The van der Waals surface area contributed by atoms with E-state index in [0.29, 0.717) is 17.1 Å². The van der Waals surface area contributed by atoms with E-state index in [9.17, 15) is 20.0 Å². The van der Waals surface area contributed by atoms with Gasteiger partial charge in [0.05, 0.1) is 15.9 Å². The average Bonchev–Trinajstić information content (AvgIpc) is 2.53. The number of hydrogen-bond acceptors (Lipinski definition) is 4. The number of phenolic OH excluding ortho intramolecular Hbond substituents is 1. The molecule has 0 unspecified atom stereocenters. The molecule has 0 heterocycles. The number of carbonyl (C=O) groups is 1. The van der Waals surface area contributed by atoms with Gasteiger partial charge in [-0.25, -0.2) is 0 Å². The number of aromatic hydroxyl groups is 1. The van der Waals surface area contributed by atoms with Gasteiger partial charge in [0.2, 0.25) is 0 Å². The van der Waals surface area contributed by atoms with Crippen molar-refractivity contribution in [2.24, 2.45) is 0 Å². The van der Waals surface area contributed by atoms with Gasteiger partial charge in [-0.05, 0) is 46.8 Å². The number of phenols is 1. The largest absolute Gasteiger partial charge is 0.508 e. The third-order valence-corrected chi connectivity index (χ3v) is 3.53. The molecule has 1 N–H and O–H groups in total. The SMILES string of the molecule is O=Cc1ccc2cc(-c3ccc(O)cc3)ccc2c1[N+](=O)[O-]. The van der Waals surface area contributed by atoms with Crippen LogP contribution in [0.25, 0.3) is 21.9 Å². The lowest BCUT2D eigenvalue weighted by atomic mass is 9.98. The molecule has 3 rings (SSSR count). The fraction of sp³-hybridized carbons (Fsp3) is 0. The molecule has 0 spiro atoms. The van der Waals surface area contributed by atoms with Crippen molar-refractivity contribution in [1.82, 2.24) is 0 Å². The molecule has 0 fully saturated rings. The fourth-order valence-electron chi connectivity index (χ4n) is 2.46. The molecule has 108 valence electrons. The van der Waals surface area contributed by atoms with Crippen LogP contribution >= 0.6 is 0 Å². The molecule has 0 atom stereocenters. The molecular formula is C17H11NO4. The maximum Gasteiger partial charge on any atom is 0.287 e. The first-order valence-electron chi connectivity index (χ1n) is 6.56. The van der Waals surface area contributed by atoms with Gasteiger partial charge < -0.3 is 5.11 Å². The van der Waals surface area contributed by atoms with Crippen LogP contribution in [0.1, 0.15) is 10.4 Å². The molecule has 5 nitrogen and oxygen atoms in total. The van der Waals surface area contributed by atoms with E-state index in [2.05, 4.69) is 0 Å². The fourth-order valence-corrected chi connectivity index (χ4v) is 2.46. The number of nitrogens with zero attached hydrogens (tertiary/aromatic N) is 1. The summed E-state index contributed by atoms with van der Waals surface area (Å²) in [6.07, 6.45) is 0.492. The Labute approximate surface area is 125 Å². The number of benzene rings is 3. The van der Waals surface area contributed by atoms with Crippen molar-refractivity contribution in [3.05, 3.63) is 70.3 Å². The third-order valence-electron chi connectivity index (χ3n) is 3.53. The van der Waals surface area contributed by atoms with E-state index in [0.717, 1.165) is 11.1 Å². The van der Waals surface area contributed by atoms with Gasteiger partial charge in [0, 0.05) is 0 Å². The van der Waals surface area contributed by atoms with Crippen molar-refractivity contribution in [3.8, 4) is 16.9 Å². The monoisotopic (exact) mass is 293 g/mol. The van der Waals surface area contributed by atoms with Crippen LogP contribution in [0.5, 0.6) is 5.75 Å². The van der Waals surface area contributed by atoms with Crippen molar-refractivity contribution in [2.75, 3.05) is 0 Å². The van der Waals surface area contributed by atoms with Gasteiger partial charge in [-0.1, -0.05) is 24.3 Å². The van der Waals surface area contributed by atoms with Crippen LogP contribution in [0.2, 0.25) is 0 Å². The van der Waals surface area contributed by atoms with Gasteiger partial charge in [0.1, 0.15) is 5.75 Å². The highest BCUT2D eigenvalue weighted by atomic mass is 16.6. The Morgan fingerprint density at radius 2 is 1.64 bits per heavy atom. The van der Waals surface area contributed by atoms with Crippen molar-refractivity contribution in [3.63, 3.8) is 0 Å². The van der Waals surface area contributed by atoms with E-state index >= 15 is 0 Å². The number of nitro benzene ring substituents is 1. The number of fused-ring (bicyclic) bond motifs is 1. The predicted molar refractivity (Wildman–Crippen MR) is 83.1 cm³/mol. The normalized spacial score (nSPS) is 10.5. The topological polar surface area (TPSA) is 80.4 Å². The van der Waals surface area contributed by atoms with E-state index < -0.39 is 4.92 Å². The summed E-state index contributed by atoms with van der Waals surface area (Å²) in [5.41, 5.74) is 1.65. The summed E-state index contributed by atoms with van der Waals surface area (Å²) in [4.78, 5) is 21.6. The second-order valence-corrected chi connectivity index (χ2v) is 4.86. The van der Waals surface area contributed by atoms with Gasteiger partial charge in [0.15, 0.2) is 6.29 Å². The first-order chi connectivity index (χ1) is 10.6. The van der Waals surface area contributed by atoms with Gasteiger partial charge in [-0.2, -0.15) is 0 Å². The molecule has 0 aliphatic heterocycles. The minimum absolute atomic E-state index is 0.0647. The number of carbonyl (C=O) groups excluding carboxylic acids is 1. The highest BCUT2D eigenvalue weighted by molar-refractivity contribution is 6.00. The lowest BCUT2D eigenvalue weighted by Gasteiger charge is -2.06. The maximum atomic E-state index is 11.2. The van der Waals surface area contributed by atoms with Crippen LogP contribution in [-0.2, 0) is 0 Å². The molecule has 3 aromatic rings. The van der Waals surface area contributed by atoms with Crippen LogP contribution in [0.15, 0.2) is 54.6 Å². The Bertz CT molecular complexity index is 885. The summed E-state index contributed by atoms with van der Waals surface area (Å²) < 4.78 is 0. The highest BCUT2D eigenvalue weighted by Crippen LogP contribution is 2.32. The number of rotatable bonds is 3. The summed E-state index contributed by atoms with van der Waals surface area (Å²) in [7, 11) is 0. The zero-order valence-electron chi connectivity index (χ0n) is 11.4. The second kappa shape index (κ2) is 5.29. The van der Waals surface area contributed by atoms with Crippen LogP contribution in [-0.4, -0.2) is 16.3 Å². The summed E-state index contributed by atoms with van der Waals surface area (Å²) in [6, 6.07) is 15.1. The quantitative estimate of drug-likeness (QED) is 0.450. The Kier molecular flexibility index (Phi) is 3.31. The standard InChI is InChI=1S/C17H11NO4/c19-10-14-2-1-13-9-12(11-3-6-15(20)7-4-11)5-8-16(13)17(14)18(21)22/h1-10,20H. The number of aldehydes is 1. The summed E-state index contributed by atoms with van der Waals surface area (Å²) in [6.45, 7) is 0. The first kappa shape index (κ1) is 13.8. The minimum Gasteiger partial charge on any atom is -0.508 e. The molecule has 0 aromatic heterocycles. The van der Waals surface area contributed by atoms with E-state index in [1.807, 2.05) is 6.07 Å². The molecule has 0 aliphatic carbocycles. The molecular weight excluding hydrogens is 282 g/mol. The molecule has 0 bridgehead atoms. The lowest BCUT2D eigenvalue weighted by Crippen LogP contribution is -1.95. The van der Waals surface area contributed by atoms with E-state index in [-0.39, 0.29) is 17.0 Å². The molecule has 0 amide bonds. The van der Waals surface area contributed by atoms with E-state index in [1.165, 1.54) is 6.07 Å². The van der Waals surface area contributed by atoms with Crippen LogP contribution in [0.3, 0.4) is 0 Å². The van der Waals surface area contributed by atoms with Gasteiger partial charge in [-0.3, -0.25) is 14.9 Å². The van der Waals surface area contributed by atoms with Crippen molar-refractivity contribution in [1.29, 1.82) is 0 Å². The molecule has 0 saturated heterocycles. The van der Waals surface area contributed by atoms with E-state index in [1.54, 1.807) is 42.5 Å². The Morgan fingerprint density at radius 1 is 0.955 bits per heavy atom. The van der Waals surface area contributed by atoms with Crippen LogP contribution in [0, 0.1) is 10.1 Å². The maximum absolute atomic E-state index is 11.2.